The van der Waals surface area contributed by atoms with E-state index >= 15 is 0 Å². The van der Waals surface area contributed by atoms with Gasteiger partial charge in [0, 0.05) is 48.6 Å². The van der Waals surface area contributed by atoms with Crippen LogP contribution in [0.4, 0.5) is 0 Å². The average molecular weight is 410 g/mol. The van der Waals surface area contributed by atoms with Gasteiger partial charge in [0.25, 0.3) is 0 Å². The lowest BCUT2D eigenvalue weighted by atomic mass is 9.97. The van der Waals surface area contributed by atoms with E-state index in [-0.39, 0.29) is 0 Å². The van der Waals surface area contributed by atoms with E-state index in [0.717, 1.165) is 38.7 Å². The lowest BCUT2D eigenvalue weighted by Crippen LogP contribution is -2.51. The number of aryl methyl sites for hydroxylation is 1. The van der Waals surface area contributed by atoms with Crippen LogP contribution in [0.15, 0.2) is 10.4 Å². The number of aliphatic imine (C=N–C) groups is 1. The molecule has 0 aliphatic carbocycles. The third-order valence-electron chi connectivity index (χ3n) is 5.32. The molecule has 2 aliphatic heterocycles. The zero-order chi connectivity index (χ0) is 19.3. The van der Waals surface area contributed by atoms with Crippen molar-refractivity contribution in [3.05, 3.63) is 16.1 Å². The molecule has 0 bridgehead atoms. The Hall–Kier alpha value is -0.790. The second-order valence-corrected chi connectivity index (χ2v) is 11.2. The van der Waals surface area contributed by atoms with E-state index in [2.05, 4.69) is 64.9 Å². The van der Waals surface area contributed by atoms with Crippen molar-refractivity contribution in [2.75, 3.05) is 45.0 Å². The standard InChI is InChI=1S/C20H35N5S2/c1-5-21-19(25-10-11-27-20(3,4)15-25)22-12-17-6-8-24(9-7-17)13-18-14-26-16(2)23-18/h14,17H,5-13,15H2,1-4H3,(H,21,22). The van der Waals surface area contributed by atoms with Crippen LogP contribution >= 0.6 is 23.1 Å². The summed E-state index contributed by atoms with van der Waals surface area (Å²) in [6, 6.07) is 0. The van der Waals surface area contributed by atoms with Gasteiger partial charge in [-0.15, -0.1) is 11.3 Å². The third-order valence-corrected chi connectivity index (χ3v) is 7.44. The first-order valence-electron chi connectivity index (χ1n) is 10.3. The highest BCUT2D eigenvalue weighted by Crippen LogP contribution is 2.29. The number of nitrogens with zero attached hydrogens (tertiary/aromatic N) is 4. The van der Waals surface area contributed by atoms with Crippen molar-refractivity contribution in [3.8, 4) is 0 Å². The van der Waals surface area contributed by atoms with Gasteiger partial charge >= 0.3 is 0 Å². The molecule has 0 amide bonds. The smallest absolute Gasteiger partial charge is 0.193 e. The molecule has 1 N–H and O–H groups in total. The minimum atomic E-state index is 0.313. The molecule has 1 aromatic heterocycles. The number of rotatable bonds is 5. The molecule has 2 aliphatic rings. The number of hydrogen-bond acceptors (Lipinski definition) is 5. The molecular formula is C20H35N5S2. The summed E-state index contributed by atoms with van der Waals surface area (Å²) in [5.74, 6) is 3.01. The fourth-order valence-corrected chi connectivity index (χ4v) is 5.59. The summed E-state index contributed by atoms with van der Waals surface area (Å²) in [5.41, 5.74) is 1.23. The van der Waals surface area contributed by atoms with Crippen molar-refractivity contribution in [1.82, 2.24) is 20.1 Å². The van der Waals surface area contributed by atoms with Crippen molar-refractivity contribution in [2.24, 2.45) is 10.9 Å². The molecule has 0 aromatic carbocycles. The Bertz CT molecular complexity index is 620. The zero-order valence-corrected chi connectivity index (χ0v) is 19.0. The second-order valence-electron chi connectivity index (χ2n) is 8.30. The van der Waals surface area contributed by atoms with Gasteiger partial charge in [-0.3, -0.25) is 9.89 Å². The lowest BCUT2D eigenvalue weighted by Gasteiger charge is -2.39. The summed E-state index contributed by atoms with van der Waals surface area (Å²) in [5, 5.41) is 6.89. The van der Waals surface area contributed by atoms with Gasteiger partial charge in [-0.1, -0.05) is 0 Å². The zero-order valence-electron chi connectivity index (χ0n) is 17.3. The normalized spacial score (nSPS) is 22.2. The van der Waals surface area contributed by atoms with Gasteiger partial charge in [-0.05, 0) is 59.5 Å². The quantitative estimate of drug-likeness (QED) is 0.596. The molecule has 2 saturated heterocycles. The largest absolute Gasteiger partial charge is 0.357 e. The van der Waals surface area contributed by atoms with Gasteiger partial charge < -0.3 is 10.2 Å². The van der Waals surface area contributed by atoms with Crippen molar-refractivity contribution >= 4 is 29.1 Å². The average Bonchev–Trinajstić information content (AvgIpc) is 3.04. The summed E-state index contributed by atoms with van der Waals surface area (Å²) >= 11 is 3.83. The number of thiazole rings is 1. The highest BCUT2D eigenvalue weighted by molar-refractivity contribution is 8.00. The van der Waals surface area contributed by atoms with Gasteiger partial charge in [0.15, 0.2) is 5.96 Å². The Balaban J connectivity index is 1.48. The van der Waals surface area contributed by atoms with Crippen molar-refractivity contribution in [3.63, 3.8) is 0 Å². The van der Waals surface area contributed by atoms with Crippen LogP contribution in [0.2, 0.25) is 0 Å². The molecule has 2 fully saturated rings. The van der Waals surface area contributed by atoms with Crippen molar-refractivity contribution in [2.45, 2.75) is 51.8 Å². The summed E-state index contributed by atoms with van der Waals surface area (Å²) < 4.78 is 0.313. The fourth-order valence-electron chi connectivity index (χ4n) is 3.88. The minimum Gasteiger partial charge on any atom is -0.357 e. The predicted octanol–water partition coefficient (Wildman–Crippen LogP) is 3.46. The highest BCUT2D eigenvalue weighted by atomic mass is 32.2. The Labute approximate surface area is 173 Å². The summed E-state index contributed by atoms with van der Waals surface area (Å²) in [6.45, 7) is 16.3. The third kappa shape index (κ3) is 6.36. The molecule has 7 heteroatoms. The number of piperidine rings is 1. The monoisotopic (exact) mass is 409 g/mol. The second kappa shape index (κ2) is 9.61. The topological polar surface area (TPSA) is 43.8 Å². The van der Waals surface area contributed by atoms with Gasteiger partial charge in [0.05, 0.1) is 10.7 Å². The first-order valence-corrected chi connectivity index (χ1v) is 12.1. The molecule has 0 radical (unpaired) electrons. The van der Waals surface area contributed by atoms with Gasteiger partial charge in [-0.2, -0.15) is 11.8 Å². The Morgan fingerprint density at radius 1 is 1.33 bits per heavy atom. The maximum Gasteiger partial charge on any atom is 0.193 e. The number of nitrogens with one attached hydrogen (secondary N) is 1. The maximum absolute atomic E-state index is 5.03. The molecule has 0 atom stereocenters. The maximum atomic E-state index is 5.03. The molecule has 1 aromatic rings. The van der Waals surface area contributed by atoms with Crippen LogP contribution in [0.25, 0.3) is 0 Å². The molecular weight excluding hydrogens is 374 g/mol. The van der Waals surface area contributed by atoms with E-state index < -0.39 is 0 Å². The molecule has 3 heterocycles. The van der Waals surface area contributed by atoms with E-state index in [0.29, 0.717) is 10.7 Å². The van der Waals surface area contributed by atoms with Crippen molar-refractivity contribution < 1.29 is 0 Å². The molecule has 0 unspecified atom stereocenters. The Morgan fingerprint density at radius 3 is 2.74 bits per heavy atom. The molecule has 5 nitrogen and oxygen atoms in total. The summed E-state index contributed by atoms with van der Waals surface area (Å²) in [7, 11) is 0. The van der Waals surface area contributed by atoms with E-state index in [1.807, 2.05) is 0 Å². The Kier molecular flexibility index (Phi) is 7.45. The van der Waals surface area contributed by atoms with E-state index in [1.54, 1.807) is 11.3 Å². The number of aromatic nitrogens is 1. The van der Waals surface area contributed by atoms with E-state index in [1.165, 1.54) is 42.4 Å². The van der Waals surface area contributed by atoms with Crippen molar-refractivity contribution in [1.29, 1.82) is 0 Å². The highest BCUT2D eigenvalue weighted by Gasteiger charge is 2.29. The molecule has 0 spiro atoms. The number of guanidine groups is 1. The predicted molar refractivity (Wildman–Crippen MR) is 119 cm³/mol. The Morgan fingerprint density at radius 2 is 2.11 bits per heavy atom. The SMILES string of the molecule is CCNC(=NCC1CCN(Cc2csc(C)n2)CC1)N1CCSC(C)(C)C1. The van der Waals surface area contributed by atoms with E-state index in [4.69, 9.17) is 4.99 Å². The van der Waals surface area contributed by atoms with Crippen LogP contribution in [0.1, 0.15) is 44.3 Å². The summed E-state index contributed by atoms with van der Waals surface area (Å²) in [6.07, 6.45) is 2.49. The number of likely N-dealkylation sites (tertiary alicyclic amines) is 1. The van der Waals surface area contributed by atoms with E-state index in [9.17, 15) is 0 Å². The molecule has 152 valence electrons. The number of hydrogen-bond donors (Lipinski definition) is 1. The van der Waals surface area contributed by atoms with Crippen LogP contribution in [0.3, 0.4) is 0 Å². The van der Waals surface area contributed by atoms with Crippen LogP contribution in [0.5, 0.6) is 0 Å². The minimum absolute atomic E-state index is 0.313. The van der Waals surface area contributed by atoms with Gasteiger partial charge in [0.1, 0.15) is 0 Å². The van der Waals surface area contributed by atoms with Crippen LogP contribution in [0, 0.1) is 12.8 Å². The van der Waals surface area contributed by atoms with Crippen LogP contribution in [-0.2, 0) is 6.54 Å². The number of thioether (sulfide) groups is 1. The lowest BCUT2D eigenvalue weighted by molar-refractivity contribution is 0.179. The van der Waals surface area contributed by atoms with Gasteiger partial charge in [0.2, 0.25) is 0 Å². The summed E-state index contributed by atoms with van der Waals surface area (Å²) in [4.78, 5) is 14.6. The van der Waals surface area contributed by atoms with Crippen LogP contribution in [-0.4, -0.2) is 70.5 Å². The fraction of sp³-hybridized carbons (Fsp3) is 0.800. The van der Waals surface area contributed by atoms with Crippen LogP contribution < -0.4 is 5.32 Å². The molecule has 0 saturated carbocycles. The first-order chi connectivity index (χ1) is 12.9. The molecule has 27 heavy (non-hydrogen) atoms. The first kappa shape index (κ1) is 20.9. The van der Waals surface area contributed by atoms with Gasteiger partial charge in [-0.25, -0.2) is 4.98 Å². The molecule has 3 rings (SSSR count).